The third-order valence-electron chi connectivity index (χ3n) is 6.38. The number of aromatic nitrogens is 6. The van der Waals surface area contributed by atoms with E-state index in [2.05, 4.69) is 81.7 Å². The summed E-state index contributed by atoms with van der Waals surface area (Å²) in [6.07, 6.45) is 3.57. The zero-order valence-electron chi connectivity index (χ0n) is 22.7. The molecule has 0 spiro atoms. The van der Waals surface area contributed by atoms with Crippen molar-refractivity contribution in [2.24, 2.45) is 7.05 Å². The molecule has 194 valence electrons. The van der Waals surface area contributed by atoms with Gasteiger partial charge in [-0.25, -0.2) is 4.79 Å². The Morgan fingerprint density at radius 1 is 1.00 bits per heavy atom. The van der Waals surface area contributed by atoms with Crippen LogP contribution in [0, 0.1) is 0 Å². The van der Waals surface area contributed by atoms with Crippen molar-refractivity contribution in [2.45, 2.75) is 54.3 Å². The molecule has 0 saturated heterocycles. The van der Waals surface area contributed by atoms with E-state index in [1.54, 1.807) is 4.68 Å². The standard InChI is InChI=1S/C25H27N6O2.3CH3.Sn/c1-4-6-11-22-21(23(31(3)28-22)25(32)33-5-2)16-17-12-14-18(15-13-17)19-9-7-8-10-20(19)24-26-29-30-27-24;;;;/h7-10,12-15H,4-6,11,16H2,1-3H3;3*1H3;/q-1;;;;+1. The summed E-state index contributed by atoms with van der Waals surface area (Å²) in [5.41, 5.74) is 6.82. The fraction of sp³-hybridized carbons (Fsp3) is 0.393. The van der Waals surface area contributed by atoms with Gasteiger partial charge >= 0.3 is 174 Å². The average molecular weight is 607 g/mol. The maximum atomic E-state index is 12.8. The van der Waals surface area contributed by atoms with Crippen LogP contribution in [0.1, 0.15) is 54.0 Å². The summed E-state index contributed by atoms with van der Waals surface area (Å²) in [5.74, 6) is 0.515. The molecule has 2 heterocycles. The van der Waals surface area contributed by atoms with Gasteiger partial charge in [0.1, 0.15) is 0 Å². The van der Waals surface area contributed by atoms with Gasteiger partial charge in [0.15, 0.2) is 0 Å². The Balaban J connectivity index is 1.68. The minimum atomic E-state index is -2.57. The number of nitrogens with zero attached hydrogens (tertiary/aromatic N) is 6. The van der Waals surface area contributed by atoms with E-state index in [0.29, 0.717) is 18.7 Å². The first-order valence-electron chi connectivity index (χ1n) is 12.9. The first-order chi connectivity index (χ1) is 17.7. The van der Waals surface area contributed by atoms with Crippen LogP contribution in [-0.2, 0) is 24.6 Å². The summed E-state index contributed by atoms with van der Waals surface area (Å²) in [6.45, 7) is 4.32. The summed E-state index contributed by atoms with van der Waals surface area (Å²) in [4.78, 5) is 19.6. The Hall–Kier alpha value is -3.01. The SMILES string of the molecule is CCCCc1nn(C)c(C(=O)OCC)c1Cc1ccc(-c2ccccc2-c2nnn[n]2[Sn]([CH3])([CH3])[CH3])cc1. The third kappa shape index (κ3) is 5.95. The topological polar surface area (TPSA) is 87.7 Å². The van der Waals surface area contributed by atoms with Gasteiger partial charge in [-0.2, -0.15) is 0 Å². The summed E-state index contributed by atoms with van der Waals surface area (Å²) < 4.78 is 9.09. The zero-order valence-corrected chi connectivity index (χ0v) is 25.5. The second-order valence-electron chi connectivity index (χ2n) is 10.2. The Labute approximate surface area is 223 Å². The second kappa shape index (κ2) is 11.6. The van der Waals surface area contributed by atoms with E-state index >= 15 is 0 Å². The van der Waals surface area contributed by atoms with Gasteiger partial charge in [-0.3, -0.25) is 0 Å². The fourth-order valence-electron chi connectivity index (χ4n) is 4.55. The molecule has 0 saturated carbocycles. The normalized spacial score (nSPS) is 11.6. The van der Waals surface area contributed by atoms with Crippen molar-refractivity contribution < 1.29 is 9.53 Å². The molecule has 0 amide bonds. The van der Waals surface area contributed by atoms with Crippen LogP contribution in [0.3, 0.4) is 0 Å². The van der Waals surface area contributed by atoms with Crippen molar-refractivity contribution in [3.8, 4) is 22.5 Å². The van der Waals surface area contributed by atoms with Crippen LogP contribution in [0.15, 0.2) is 48.5 Å². The van der Waals surface area contributed by atoms with Crippen molar-refractivity contribution >= 4 is 24.6 Å². The molecule has 2 aromatic heterocycles. The Kier molecular flexibility index (Phi) is 8.46. The van der Waals surface area contributed by atoms with Gasteiger partial charge in [-0.15, -0.1) is 0 Å². The molecule has 4 aromatic rings. The molecule has 9 heteroatoms. The summed E-state index contributed by atoms with van der Waals surface area (Å²) >= 11 is -2.57. The monoisotopic (exact) mass is 608 g/mol. The van der Waals surface area contributed by atoms with E-state index in [0.717, 1.165) is 58.6 Å². The van der Waals surface area contributed by atoms with Crippen LogP contribution >= 0.6 is 0 Å². The van der Waals surface area contributed by atoms with E-state index in [-0.39, 0.29) is 5.97 Å². The van der Waals surface area contributed by atoms with Gasteiger partial charge < -0.3 is 4.74 Å². The van der Waals surface area contributed by atoms with Crippen LogP contribution in [0.2, 0.25) is 14.8 Å². The molecule has 0 aliphatic carbocycles. The van der Waals surface area contributed by atoms with Crippen molar-refractivity contribution in [3.05, 3.63) is 71.0 Å². The van der Waals surface area contributed by atoms with E-state index in [9.17, 15) is 4.79 Å². The number of carbonyl (C=O) groups is 1. The van der Waals surface area contributed by atoms with Gasteiger partial charge in [-0.05, 0) is 13.3 Å². The molecule has 4 rings (SSSR count). The number of carbonyl (C=O) groups excluding carboxylic acids is 1. The van der Waals surface area contributed by atoms with Gasteiger partial charge in [0.05, 0.1) is 6.61 Å². The summed E-state index contributed by atoms with van der Waals surface area (Å²) in [5, 5.41) is 17.4. The fourth-order valence-corrected chi connectivity index (χ4v) is 7.72. The van der Waals surface area contributed by atoms with Gasteiger partial charge in [0, 0.05) is 7.05 Å². The van der Waals surface area contributed by atoms with Crippen LogP contribution in [0.4, 0.5) is 0 Å². The average Bonchev–Trinajstić information content (AvgIpc) is 3.48. The van der Waals surface area contributed by atoms with Crippen LogP contribution < -0.4 is 0 Å². The molecule has 0 N–H and O–H groups in total. The number of unbranched alkanes of at least 4 members (excludes halogenated alkanes) is 1. The number of aryl methyl sites for hydroxylation is 2. The van der Waals surface area contributed by atoms with Crippen molar-refractivity contribution in [1.82, 2.24) is 28.2 Å². The number of benzene rings is 2. The van der Waals surface area contributed by atoms with E-state index in [1.165, 1.54) is 0 Å². The Bertz CT molecular complexity index is 1370. The summed E-state index contributed by atoms with van der Waals surface area (Å²) in [7, 11) is 1.82. The molecule has 8 nitrogen and oxygen atoms in total. The quantitative estimate of drug-likeness (QED) is 0.174. The number of rotatable bonds is 10. The predicted molar refractivity (Wildman–Crippen MR) is 148 cm³/mol. The van der Waals surface area contributed by atoms with E-state index in [1.807, 2.05) is 26.1 Å². The number of esters is 1. The molecule has 0 atom stereocenters. The number of hydrogen-bond acceptors (Lipinski definition) is 6. The number of hydrogen-bond donors (Lipinski definition) is 0. The molecule has 37 heavy (non-hydrogen) atoms. The number of ether oxygens (including phenoxy) is 1. The molecule has 0 bridgehead atoms. The van der Waals surface area contributed by atoms with Crippen LogP contribution in [-0.4, -0.2) is 59.4 Å². The third-order valence-corrected chi connectivity index (χ3v) is 10.9. The first-order valence-corrected chi connectivity index (χ1v) is 22.8. The predicted octanol–water partition coefficient (Wildman–Crippen LogP) is 5.53. The molecular weight excluding hydrogens is 571 g/mol. The second-order valence-corrected chi connectivity index (χ2v) is 23.8. The summed E-state index contributed by atoms with van der Waals surface area (Å²) in [6, 6.07) is 16.8. The van der Waals surface area contributed by atoms with Gasteiger partial charge in [-0.1, -0.05) is 13.3 Å². The Morgan fingerprint density at radius 2 is 1.70 bits per heavy atom. The molecule has 0 radical (unpaired) electrons. The molecule has 0 unspecified atom stereocenters. The maximum absolute atomic E-state index is 12.8. The molecule has 0 aliphatic rings. The molecule has 0 fully saturated rings. The van der Waals surface area contributed by atoms with Crippen molar-refractivity contribution in [1.29, 1.82) is 0 Å². The molecule has 0 aliphatic heterocycles. The van der Waals surface area contributed by atoms with E-state index in [4.69, 9.17) is 4.74 Å². The minimum absolute atomic E-state index is 0.317. The first kappa shape index (κ1) is 27.0. The van der Waals surface area contributed by atoms with Gasteiger partial charge in [0.2, 0.25) is 0 Å². The number of tetrazole rings is 1. The van der Waals surface area contributed by atoms with Crippen molar-refractivity contribution in [3.63, 3.8) is 0 Å². The zero-order chi connectivity index (χ0) is 26.6. The Morgan fingerprint density at radius 3 is 2.35 bits per heavy atom. The molecule has 2 aromatic carbocycles. The van der Waals surface area contributed by atoms with E-state index < -0.39 is 18.7 Å². The van der Waals surface area contributed by atoms with Gasteiger partial charge in [0.25, 0.3) is 0 Å². The van der Waals surface area contributed by atoms with Crippen LogP contribution in [0.5, 0.6) is 0 Å². The van der Waals surface area contributed by atoms with Crippen molar-refractivity contribution in [2.75, 3.05) is 6.61 Å². The van der Waals surface area contributed by atoms with Crippen LogP contribution in [0.25, 0.3) is 22.5 Å². The molecular formula is C28H36N6O2Sn.